The maximum Gasteiger partial charge on any atom is 0.254 e. The van der Waals surface area contributed by atoms with Gasteiger partial charge in [0.15, 0.2) is 11.5 Å². The second-order valence-corrected chi connectivity index (χ2v) is 10.2. The Kier molecular flexibility index (Phi) is 8.35. The number of hydrogen-bond donors (Lipinski definition) is 1. The average molecular weight is 527 g/mol. The molecule has 1 aliphatic rings. The molecule has 2 N–H and O–H groups in total. The van der Waals surface area contributed by atoms with E-state index in [9.17, 15) is 4.79 Å². The summed E-state index contributed by atoms with van der Waals surface area (Å²) in [5.74, 6) is 2.56. The number of aromatic nitrogens is 2. The van der Waals surface area contributed by atoms with Crippen LogP contribution in [-0.2, 0) is 6.54 Å². The smallest absolute Gasteiger partial charge is 0.254 e. The van der Waals surface area contributed by atoms with Crippen LogP contribution in [0.3, 0.4) is 0 Å². The number of nitrogen functional groups attached to an aromatic ring is 1. The third kappa shape index (κ3) is 6.03. The first-order valence-electron chi connectivity index (χ1n) is 14.1. The van der Waals surface area contributed by atoms with E-state index in [4.69, 9.17) is 15.2 Å². The van der Waals surface area contributed by atoms with Crippen LogP contribution < -0.4 is 15.2 Å². The van der Waals surface area contributed by atoms with E-state index in [1.165, 1.54) is 19.3 Å². The van der Waals surface area contributed by atoms with Gasteiger partial charge in [-0.25, -0.2) is 4.98 Å². The summed E-state index contributed by atoms with van der Waals surface area (Å²) >= 11 is 0. The summed E-state index contributed by atoms with van der Waals surface area (Å²) in [6.45, 7) is 5.94. The molecule has 1 heterocycles. The van der Waals surface area contributed by atoms with Crippen molar-refractivity contribution in [3.8, 4) is 17.2 Å². The molecule has 0 unspecified atom stereocenters. The van der Waals surface area contributed by atoms with Gasteiger partial charge in [-0.2, -0.15) is 0 Å². The molecule has 1 aliphatic carbocycles. The highest BCUT2D eigenvalue weighted by Gasteiger charge is 2.26. The molecule has 0 aliphatic heterocycles. The molecule has 204 valence electrons. The Bertz CT molecular complexity index is 1420. The molecule has 5 rings (SSSR count). The van der Waals surface area contributed by atoms with Gasteiger partial charge in [-0.05, 0) is 68.1 Å². The van der Waals surface area contributed by atoms with Crippen LogP contribution >= 0.6 is 0 Å². The largest absolute Gasteiger partial charge is 0.490 e. The summed E-state index contributed by atoms with van der Waals surface area (Å²) in [6, 6.07) is 21.6. The van der Waals surface area contributed by atoms with E-state index < -0.39 is 0 Å². The van der Waals surface area contributed by atoms with Crippen LogP contribution in [0.4, 0.5) is 5.95 Å². The fourth-order valence-corrected chi connectivity index (χ4v) is 5.52. The van der Waals surface area contributed by atoms with Crippen molar-refractivity contribution < 1.29 is 14.3 Å². The van der Waals surface area contributed by atoms with E-state index in [1.54, 1.807) is 0 Å². The van der Waals surface area contributed by atoms with Crippen LogP contribution in [0, 0.1) is 0 Å². The standard InChI is InChI=1S/C32H38N4O3/c1-3-19-35(25-13-6-5-7-14-25)31(37)24-12-10-11-23(20-24)22-36-28-21-26(17-18-27(28)34-32(36)33)39-30-16-9-8-15-29(30)38-4-2/h8-12,15-18,20-21,25H,3-7,13-14,19,22H2,1-2H3,(H2,33,34). The SMILES string of the molecule is CCCN(C(=O)c1cccc(Cn2c(N)nc3ccc(Oc4ccccc4OCC)cc32)c1)C1CCCCC1. The molecular weight excluding hydrogens is 488 g/mol. The quantitative estimate of drug-likeness (QED) is 0.240. The van der Waals surface area contributed by atoms with Crippen LogP contribution in [0.15, 0.2) is 66.7 Å². The number of fused-ring (bicyclic) bond motifs is 1. The zero-order valence-corrected chi connectivity index (χ0v) is 22.9. The summed E-state index contributed by atoms with van der Waals surface area (Å²) in [7, 11) is 0. The molecule has 0 saturated heterocycles. The molecule has 1 fully saturated rings. The van der Waals surface area contributed by atoms with Gasteiger partial charge in [0.25, 0.3) is 5.91 Å². The van der Waals surface area contributed by atoms with Gasteiger partial charge >= 0.3 is 0 Å². The molecule has 1 aromatic heterocycles. The maximum absolute atomic E-state index is 13.6. The van der Waals surface area contributed by atoms with Crippen molar-refractivity contribution in [3.05, 3.63) is 77.9 Å². The lowest BCUT2D eigenvalue weighted by molar-refractivity contribution is 0.0634. The summed E-state index contributed by atoms with van der Waals surface area (Å²) in [5.41, 5.74) is 9.75. The van der Waals surface area contributed by atoms with Gasteiger partial charge in [-0.3, -0.25) is 4.79 Å². The third-order valence-electron chi connectivity index (χ3n) is 7.38. The second-order valence-electron chi connectivity index (χ2n) is 10.2. The zero-order chi connectivity index (χ0) is 27.2. The molecule has 1 amide bonds. The van der Waals surface area contributed by atoms with E-state index in [-0.39, 0.29) is 5.91 Å². The fourth-order valence-electron chi connectivity index (χ4n) is 5.52. The van der Waals surface area contributed by atoms with Crippen LogP contribution in [-0.4, -0.2) is 39.6 Å². The summed E-state index contributed by atoms with van der Waals surface area (Å²) in [4.78, 5) is 20.3. The van der Waals surface area contributed by atoms with Gasteiger partial charge in [0, 0.05) is 24.2 Å². The molecule has 0 radical (unpaired) electrons. The van der Waals surface area contributed by atoms with Crippen LogP contribution in [0.1, 0.15) is 68.3 Å². The van der Waals surface area contributed by atoms with Crippen molar-refractivity contribution in [3.63, 3.8) is 0 Å². The van der Waals surface area contributed by atoms with Crippen LogP contribution in [0.25, 0.3) is 11.0 Å². The predicted octanol–water partition coefficient (Wildman–Crippen LogP) is 7.04. The first-order chi connectivity index (χ1) is 19.1. The molecule has 0 bridgehead atoms. The van der Waals surface area contributed by atoms with Gasteiger partial charge in [0.2, 0.25) is 5.95 Å². The van der Waals surface area contributed by atoms with E-state index in [1.807, 2.05) is 78.2 Å². The predicted molar refractivity (Wildman–Crippen MR) is 156 cm³/mol. The highest BCUT2D eigenvalue weighted by molar-refractivity contribution is 5.94. The Balaban J connectivity index is 1.40. The number of carbonyl (C=O) groups is 1. The topological polar surface area (TPSA) is 82.6 Å². The van der Waals surface area contributed by atoms with Gasteiger partial charge in [0.05, 0.1) is 24.2 Å². The van der Waals surface area contributed by atoms with Crippen molar-refractivity contribution in [2.75, 3.05) is 18.9 Å². The molecule has 7 heteroatoms. The number of anilines is 1. The molecular formula is C32H38N4O3. The van der Waals surface area contributed by atoms with Crippen molar-refractivity contribution >= 4 is 22.9 Å². The number of ether oxygens (including phenoxy) is 2. The number of nitrogens with zero attached hydrogens (tertiary/aromatic N) is 3. The van der Waals surface area contributed by atoms with Crippen LogP contribution in [0.2, 0.25) is 0 Å². The fraction of sp³-hybridized carbons (Fsp3) is 0.375. The summed E-state index contributed by atoms with van der Waals surface area (Å²) < 4.78 is 13.9. The maximum atomic E-state index is 13.6. The number of carbonyl (C=O) groups excluding carboxylic acids is 1. The molecule has 3 aromatic carbocycles. The number of amides is 1. The minimum Gasteiger partial charge on any atom is -0.490 e. The van der Waals surface area contributed by atoms with E-state index in [0.717, 1.165) is 48.0 Å². The van der Waals surface area contributed by atoms with Gasteiger partial charge in [-0.1, -0.05) is 50.5 Å². The van der Waals surface area contributed by atoms with Gasteiger partial charge < -0.3 is 24.7 Å². The van der Waals surface area contributed by atoms with Crippen molar-refractivity contribution in [1.29, 1.82) is 0 Å². The molecule has 39 heavy (non-hydrogen) atoms. The highest BCUT2D eigenvalue weighted by atomic mass is 16.5. The number of nitrogens with two attached hydrogens (primary N) is 1. The summed E-state index contributed by atoms with van der Waals surface area (Å²) in [5, 5.41) is 0. The van der Waals surface area contributed by atoms with E-state index in [0.29, 0.717) is 42.4 Å². The van der Waals surface area contributed by atoms with Crippen LogP contribution in [0.5, 0.6) is 17.2 Å². The van der Waals surface area contributed by atoms with Gasteiger partial charge in [-0.15, -0.1) is 0 Å². The Morgan fingerprint density at radius 1 is 1.00 bits per heavy atom. The molecule has 0 spiro atoms. The average Bonchev–Trinajstić information content (AvgIpc) is 3.27. The Labute approximate surface area is 230 Å². The Morgan fingerprint density at radius 3 is 2.56 bits per heavy atom. The summed E-state index contributed by atoms with van der Waals surface area (Å²) in [6.07, 6.45) is 6.83. The molecule has 7 nitrogen and oxygen atoms in total. The Hall–Kier alpha value is -4.00. The first kappa shape index (κ1) is 26.6. The second kappa shape index (κ2) is 12.2. The molecule has 1 saturated carbocycles. The number of hydrogen-bond acceptors (Lipinski definition) is 5. The van der Waals surface area contributed by atoms with E-state index in [2.05, 4.69) is 16.8 Å². The lowest BCUT2D eigenvalue weighted by Crippen LogP contribution is -2.42. The molecule has 0 atom stereocenters. The zero-order valence-electron chi connectivity index (χ0n) is 22.9. The lowest BCUT2D eigenvalue weighted by atomic mass is 9.93. The number of para-hydroxylation sites is 2. The monoisotopic (exact) mass is 526 g/mol. The normalized spacial score (nSPS) is 13.9. The number of benzene rings is 3. The first-order valence-corrected chi connectivity index (χ1v) is 14.1. The van der Waals surface area contributed by atoms with Crippen molar-refractivity contribution in [1.82, 2.24) is 14.5 Å². The van der Waals surface area contributed by atoms with E-state index >= 15 is 0 Å². The Morgan fingerprint density at radius 2 is 1.79 bits per heavy atom. The van der Waals surface area contributed by atoms with Crippen molar-refractivity contribution in [2.45, 2.75) is 65.0 Å². The minimum absolute atomic E-state index is 0.123. The number of rotatable bonds is 10. The lowest BCUT2D eigenvalue weighted by Gasteiger charge is -2.34. The minimum atomic E-state index is 0.123. The van der Waals surface area contributed by atoms with Crippen molar-refractivity contribution in [2.24, 2.45) is 0 Å². The van der Waals surface area contributed by atoms with Gasteiger partial charge in [0.1, 0.15) is 5.75 Å². The highest BCUT2D eigenvalue weighted by Crippen LogP contribution is 2.33. The third-order valence-corrected chi connectivity index (χ3v) is 7.38. The number of imidazole rings is 1. The molecule has 4 aromatic rings.